The number of benzene rings is 2. The minimum Gasteiger partial charge on any atom is -0.493 e. The molecule has 1 amide bonds. The van der Waals surface area contributed by atoms with Crippen LogP contribution in [0.15, 0.2) is 45.6 Å². The molecular formula is C25H27NO7. The van der Waals surface area contributed by atoms with Crippen LogP contribution in [-0.2, 0) is 4.79 Å². The third-order valence-electron chi connectivity index (χ3n) is 5.72. The van der Waals surface area contributed by atoms with Gasteiger partial charge < -0.3 is 28.3 Å². The molecule has 0 spiro atoms. The van der Waals surface area contributed by atoms with Gasteiger partial charge in [0.2, 0.25) is 5.75 Å². The Morgan fingerprint density at radius 2 is 1.64 bits per heavy atom. The highest BCUT2D eigenvalue weighted by Crippen LogP contribution is 2.41. The van der Waals surface area contributed by atoms with E-state index in [4.69, 9.17) is 23.4 Å². The van der Waals surface area contributed by atoms with Crippen molar-refractivity contribution in [2.75, 3.05) is 41.0 Å². The molecule has 0 saturated carbocycles. The molecule has 1 aliphatic heterocycles. The lowest BCUT2D eigenvalue weighted by atomic mass is 10.1. The molecule has 0 aliphatic carbocycles. The number of piperidine rings is 1. The first-order valence-corrected chi connectivity index (χ1v) is 10.8. The molecule has 3 aromatic rings. The average molecular weight is 453 g/mol. The van der Waals surface area contributed by atoms with E-state index in [1.807, 2.05) is 4.90 Å². The van der Waals surface area contributed by atoms with Crippen LogP contribution in [0.25, 0.3) is 22.3 Å². The van der Waals surface area contributed by atoms with Crippen molar-refractivity contribution in [2.24, 2.45) is 0 Å². The summed E-state index contributed by atoms with van der Waals surface area (Å²) in [5, 5.41) is 0.370. The third kappa shape index (κ3) is 4.74. The van der Waals surface area contributed by atoms with Gasteiger partial charge in [0.05, 0.1) is 26.7 Å². The van der Waals surface area contributed by atoms with Crippen molar-refractivity contribution < 1.29 is 28.2 Å². The van der Waals surface area contributed by atoms with Gasteiger partial charge in [-0.15, -0.1) is 0 Å². The second kappa shape index (κ2) is 9.85. The van der Waals surface area contributed by atoms with Crippen LogP contribution in [0.3, 0.4) is 0 Å². The highest BCUT2D eigenvalue weighted by atomic mass is 16.5. The van der Waals surface area contributed by atoms with Gasteiger partial charge in [0, 0.05) is 24.7 Å². The van der Waals surface area contributed by atoms with Gasteiger partial charge in [0.25, 0.3) is 5.91 Å². The fourth-order valence-corrected chi connectivity index (χ4v) is 3.97. The van der Waals surface area contributed by atoms with E-state index in [2.05, 4.69) is 0 Å². The molecule has 1 fully saturated rings. The molecule has 1 saturated heterocycles. The molecule has 4 rings (SSSR count). The summed E-state index contributed by atoms with van der Waals surface area (Å²) in [5.41, 5.74) is 0.782. The number of amides is 1. The van der Waals surface area contributed by atoms with Crippen molar-refractivity contribution in [3.05, 3.63) is 46.6 Å². The zero-order chi connectivity index (χ0) is 23.4. The van der Waals surface area contributed by atoms with Crippen LogP contribution in [-0.4, -0.2) is 51.8 Å². The van der Waals surface area contributed by atoms with Crippen LogP contribution in [0.2, 0.25) is 0 Å². The molecule has 0 bridgehead atoms. The first-order chi connectivity index (χ1) is 16.0. The normalized spacial score (nSPS) is 13.6. The molecule has 8 heteroatoms. The summed E-state index contributed by atoms with van der Waals surface area (Å²) < 4.78 is 27.8. The quantitative estimate of drug-likeness (QED) is 0.537. The van der Waals surface area contributed by atoms with Crippen molar-refractivity contribution in [1.29, 1.82) is 0 Å². The van der Waals surface area contributed by atoms with Gasteiger partial charge in [0.15, 0.2) is 23.5 Å². The van der Waals surface area contributed by atoms with Gasteiger partial charge in [-0.1, -0.05) is 0 Å². The highest BCUT2D eigenvalue weighted by molar-refractivity contribution is 5.81. The largest absolute Gasteiger partial charge is 0.493 e. The number of carbonyl (C=O) groups is 1. The van der Waals surface area contributed by atoms with Crippen LogP contribution >= 0.6 is 0 Å². The lowest BCUT2D eigenvalue weighted by Crippen LogP contribution is -2.38. The second-order valence-corrected chi connectivity index (χ2v) is 7.78. The van der Waals surface area contributed by atoms with Crippen molar-refractivity contribution in [1.82, 2.24) is 4.90 Å². The maximum absolute atomic E-state index is 12.9. The number of nitrogens with zero attached hydrogens (tertiary/aromatic N) is 1. The summed E-state index contributed by atoms with van der Waals surface area (Å²) in [4.78, 5) is 27.0. The molecule has 2 heterocycles. The molecular weight excluding hydrogens is 426 g/mol. The van der Waals surface area contributed by atoms with Crippen LogP contribution in [0, 0.1) is 0 Å². The fourth-order valence-electron chi connectivity index (χ4n) is 3.97. The van der Waals surface area contributed by atoms with Gasteiger partial charge >= 0.3 is 0 Å². The number of methoxy groups -OCH3 is 3. The number of rotatable bonds is 7. The number of carbonyl (C=O) groups excluding carboxylic acids is 1. The molecule has 0 radical (unpaired) electrons. The van der Waals surface area contributed by atoms with E-state index in [1.165, 1.54) is 27.4 Å². The lowest BCUT2D eigenvalue weighted by Gasteiger charge is -2.26. The molecule has 1 aliphatic rings. The second-order valence-electron chi connectivity index (χ2n) is 7.78. The summed E-state index contributed by atoms with van der Waals surface area (Å²) in [6.45, 7) is 1.49. The van der Waals surface area contributed by atoms with Gasteiger partial charge in [-0.2, -0.15) is 0 Å². The molecule has 174 valence electrons. The summed E-state index contributed by atoms with van der Waals surface area (Å²) in [6, 6.07) is 9.80. The van der Waals surface area contributed by atoms with E-state index in [0.29, 0.717) is 45.3 Å². The molecule has 0 atom stereocenters. The number of hydrogen-bond acceptors (Lipinski definition) is 7. The topological polar surface area (TPSA) is 87.4 Å². The average Bonchev–Trinajstić information content (AvgIpc) is 2.86. The van der Waals surface area contributed by atoms with Gasteiger partial charge in [-0.25, -0.2) is 0 Å². The molecule has 2 aromatic carbocycles. The number of ether oxygens (including phenoxy) is 4. The Hall–Kier alpha value is -3.68. The van der Waals surface area contributed by atoms with E-state index < -0.39 is 0 Å². The summed E-state index contributed by atoms with van der Waals surface area (Å²) >= 11 is 0. The Balaban J connectivity index is 1.60. The number of fused-ring (bicyclic) bond motifs is 1. The predicted molar refractivity (Wildman–Crippen MR) is 124 cm³/mol. The minimum atomic E-state index is -0.229. The van der Waals surface area contributed by atoms with Crippen molar-refractivity contribution in [3.63, 3.8) is 0 Å². The molecule has 1 aromatic heterocycles. The Bertz CT molecular complexity index is 1190. The van der Waals surface area contributed by atoms with Crippen LogP contribution in [0.5, 0.6) is 23.0 Å². The first-order valence-electron chi connectivity index (χ1n) is 10.8. The van der Waals surface area contributed by atoms with E-state index in [-0.39, 0.29) is 17.9 Å². The summed E-state index contributed by atoms with van der Waals surface area (Å²) in [5.74, 6) is 2.13. The Morgan fingerprint density at radius 1 is 0.939 bits per heavy atom. The fraction of sp³-hybridized carbons (Fsp3) is 0.360. The first kappa shape index (κ1) is 22.5. The van der Waals surface area contributed by atoms with E-state index in [9.17, 15) is 9.59 Å². The zero-order valence-electron chi connectivity index (χ0n) is 19.0. The van der Waals surface area contributed by atoms with Gasteiger partial charge in [-0.3, -0.25) is 9.59 Å². The van der Waals surface area contributed by atoms with E-state index >= 15 is 0 Å². The van der Waals surface area contributed by atoms with Gasteiger partial charge in [0.1, 0.15) is 17.1 Å². The SMILES string of the molecule is COc1cc(-c2cc(=O)c3cc(OCC(=O)N4CCCCC4)ccc3o2)cc(OC)c1OC. The van der Waals surface area contributed by atoms with Crippen molar-refractivity contribution in [3.8, 4) is 34.3 Å². The third-order valence-corrected chi connectivity index (χ3v) is 5.72. The van der Waals surface area contributed by atoms with E-state index in [1.54, 1.807) is 30.3 Å². The smallest absolute Gasteiger partial charge is 0.260 e. The highest BCUT2D eigenvalue weighted by Gasteiger charge is 2.18. The minimum absolute atomic E-state index is 0.0421. The van der Waals surface area contributed by atoms with Crippen LogP contribution < -0.4 is 24.4 Å². The number of hydrogen-bond donors (Lipinski definition) is 0. The summed E-state index contributed by atoms with van der Waals surface area (Å²) in [7, 11) is 4.57. The molecule has 8 nitrogen and oxygen atoms in total. The number of likely N-dealkylation sites (tertiary alicyclic amines) is 1. The molecule has 0 N–H and O–H groups in total. The monoisotopic (exact) mass is 453 g/mol. The summed E-state index contributed by atoms with van der Waals surface area (Å²) in [6.07, 6.45) is 3.21. The molecule has 0 unspecified atom stereocenters. The van der Waals surface area contributed by atoms with Crippen molar-refractivity contribution in [2.45, 2.75) is 19.3 Å². The maximum atomic E-state index is 12.9. The predicted octanol–water partition coefficient (Wildman–Crippen LogP) is 3.88. The maximum Gasteiger partial charge on any atom is 0.260 e. The van der Waals surface area contributed by atoms with Crippen LogP contribution in [0.1, 0.15) is 19.3 Å². The van der Waals surface area contributed by atoms with Crippen molar-refractivity contribution >= 4 is 16.9 Å². The Morgan fingerprint density at radius 3 is 2.27 bits per heavy atom. The zero-order valence-corrected chi connectivity index (χ0v) is 19.0. The Kier molecular flexibility index (Phi) is 6.72. The standard InChI is InChI=1S/C25H27NO7/c1-29-22-11-16(12-23(30-2)25(22)31-3)21-14-19(27)18-13-17(7-8-20(18)33-21)32-15-24(28)26-9-5-4-6-10-26/h7-8,11-14H,4-6,9-10,15H2,1-3H3. The Labute approximate surface area is 191 Å². The van der Waals surface area contributed by atoms with Gasteiger partial charge in [-0.05, 0) is 49.6 Å². The lowest BCUT2D eigenvalue weighted by molar-refractivity contribution is -0.134. The van der Waals surface area contributed by atoms with Crippen LogP contribution in [0.4, 0.5) is 0 Å². The molecule has 33 heavy (non-hydrogen) atoms. The van der Waals surface area contributed by atoms with E-state index in [0.717, 1.165) is 32.4 Å².